The lowest BCUT2D eigenvalue weighted by atomic mass is 10.1. The van der Waals surface area contributed by atoms with E-state index in [-0.39, 0.29) is 0 Å². The summed E-state index contributed by atoms with van der Waals surface area (Å²) >= 11 is 0. The van der Waals surface area contributed by atoms with Crippen molar-refractivity contribution in [3.63, 3.8) is 0 Å². The molecule has 0 aromatic heterocycles. The Labute approximate surface area is 101 Å². The number of carbonyl (C=O) groups excluding carboxylic acids is 1. The van der Waals surface area contributed by atoms with Gasteiger partial charge in [0.05, 0.1) is 5.56 Å². The first-order valence-electron chi connectivity index (χ1n) is 5.50. The van der Waals surface area contributed by atoms with Crippen LogP contribution < -0.4 is 4.74 Å². The van der Waals surface area contributed by atoms with Gasteiger partial charge >= 0.3 is 0 Å². The van der Waals surface area contributed by atoms with E-state index >= 15 is 0 Å². The molecule has 0 saturated carbocycles. The van der Waals surface area contributed by atoms with Gasteiger partial charge in [0.2, 0.25) is 0 Å². The molecule has 17 heavy (non-hydrogen) atoms. The third kappa shape index (κ3) is 2.53. The van der Waals surface area contributed by atoms with Gasteiger partial charge in [-0.15, -0.1) is 0 Å². The molecule has 0 saturated heterocycles. The predicted molar refractivity (Wildman–Crippen MR) is 67.8 cm³/mol. The molecule has 2 aromatic rings. The summed E-state index contributed by atoms with van der Waals surface area (Å²) in [6.07, 6.45) is 0.820. The summed E-state index contributed by atoms with van der Waals surface area (Å²) in [5, 5.41) is 0. The molecule has 0 fully saturated rings. The first-order chi connectivity index (χ1) is 8.20. The van der Waals surface area contributed by atoms with Crippen LogP contribution >= 0.6 is 0 Å². The first kappa shape index (κ1) is 11.4. The van der Waals surface area contributed by atoms with Gasteiger partial charge in [-0.05, 0) is 37.6 Å². The van der Waals surface area contributed by atoms with E-state index in [1.807, 2.05) is 56.3 Å². The maximum Gasteiger partial charge on any atom is 0.153 e. The van der Waals surface area contributed by atoms with E-state index in [2.05, 4.69) is 0 Å². The largest absolute Gasteiger partial charge is 0.456 e. The summed E-state index contributed by atoms with van der Waals surface area (Å²) < 4.78 is 5.75. The summed E-state index contributed by atoms with van der Waals surface area (Å²) in [5.74, 6) is 1.37. The SMILES string of the molecule is Cc1ccc(Oc2ccccc2C)c(C=O)c1. The molecule has 86 valence electrons. The van der Waals surface area contributed by atoms with E-state index in [9.17, 15) is 4.79 Å². The second-order valence-corrected chi connectivity index (χ2v) is 4.03. The third-order valence-corrected chi connectivity index (χ3v) is 2.61. The normalized spacial score (nSPS) is 10.0. The molecule has 0 N–H and O–H groups in total. The van der Waals surface area contributed by atoms with E-state index in [1.54, 1.807) is 0 Å². The second kappa shape index (κ2) is 4.83. The van der Waals surface area contributed by atoms with Crippen LogP contribution in [0.1, 0.15) is 21.5 Å². The molecule has 0 amide bonds. The maximum absolute atomic E-state index is 11.0. The molecule has 0 heterocycles. The molecular formula is C15H14O2. The standard InChI is InChI=1S/C15H14O2/c1-11-7-8-15(13(9-11)10-16)17-14-6-4-3-5-12(14)2/h3-10H,1-2H3. The molecular weight excluding hydrogens is 212 g/mol. The van der Waals surface area contributed by atoms with Gasteiger partial charge in [-0.2, -0.15) is 0 Å². The van der Waals surface area contributed by atoms with Crippen LogP contribution in [0.2, 0.25) is 0 Å². The predicted octanol–water partition coefficient (Wildman–Crippen LogP) is 3.91. The van der Waals surface area contributed by atoms with Gasteiger partial charge in [-0.25, -0.2) is 0 Å². The van der Waals surface area contributed by atoms with Crippen molar-refractivity contribution in [2.24, 2.45) is 0 Å². The molecule has 0 bridgehead atoms. The van der Waals surface area contributed by atoms with Crippen LogP contribution in [0.3, 0.4) is 0 Å². The summed E-state index contributed by atoms with van der Waals surface area (Å²) in [6, 6.07) is 13.3. The smallest absolute Gasteiger partial charge is 0.153 e. The molecule has 0 radical (unpaired) electrons. The average molecular weight is 226 g/mol. The van der Waals surface area contributed by atoms with Gasteiger partial charge < -0.3 is 4.74 Å². The lowest BCUT2D eigenvalue weighted by Gasteiger charge is -2.10. The van der Waals surface area contributed by atoms with Crippen LogP contribution in [-0.2, 0) is 0 Å². The summed E-state index contributed by atoms with van der Waals surface area (Å²) in [6.45, 7) is 3.93. The van der Waals surface area contributed by atoms with Crippen LogP contribution in [0.5, 0.6) is 11.5 Å². The Kier molecular flexibility index (Phi) is 3.24. The highest BCUT2D eigenvalue weighted by atomic mass is 16.5. The van der Waals surface area contributed by atoms with E-state index in [4.69, 9.17) is 4.74 Å². The Morgan fingerprint density at radius 3 is 2.47 bits per heavy atom. The van der Waals surface area contributed by atoms with Crippen molar-refractivity contribution in [3.05, 3.63) is 59.2 Å². The molecule has 0 spiro atoms. The third-order valence-electron chi connectivity index (χ3n) is 2.61. The minimum Gasteiger partial charge on any atom is -0.456 e. The van der Waals surface area contributed by atoms with Gasteiger partial charge in [0.15, 0.2) is 6.29 Å². The lowest BCUT2D eigenvalue weighted by molar-refractivity contribution is 0.112. The Morgan fingerprint density at radius 1 is 1.00 bits per heavy atom. The highest BCUT2D eigenvalue weighted by molar-refractivity contribution is 5.79. The topological polar surface area (TPSA) is 26.3 Å². The number of aldehydes is 1. The fourth-order valence-electron chi connectivity index (χ4n) is 1.64. The van der Waals surface area contributed by atoms with Crippen molar-refractivity contribution in [2.45, 2.75) is 13.8 Å². The van der Waals surface area contributed by atoms with E-state index in [0.717, 1.165) is 23.2 Å². The van der Waals surface area contributed by atoms with Gasteiger partial charge in [-0.3, -0.25) is 4.79 Å². The highest BCUT2D eigenvalue weighted by Gasteiger charge is 2.05. The minimum absolute atomic E-state index is 0.577. The van der Waals surface area contributed by atoms with Crippen LogP contribution in [0.4, 0.5) is 0 Å². The minimum atomic E-state index is 0.577. The molecule has 0 atom stereocenters. The molecule has 0 aliphatic rings. The Hall–Kier alpha value is -2.09. The number of rotatable bonds is 3. The zero-order valence-corrected chi connectivity index (χ0v) is 9.94. The van der Waals surface area contributed by atoms with Gasteiger partial charge in [0.1, 0.15) is 11.5 Å². The van der Waals surface area contributed by atoms with Crippen molar-refractivity contribution in [2.75, 3.05) is 0 Å². The monoisotopic (exact) mass is 226 g/mol. The van der Waals surface area contributed by atoms with Crippen molar-refractivity contribution < 1.29 is 9.53 Å². The number of hydrogen-bond acceptors (Lipinski definition) is 2. The van der Waals surface area contributed by atoms with Crippen LogP contribution in [0.15, 0.2) is 42.5 Å². The lowest BCUT2D eigenvalue weighted by Crippen LogP contribution is -1.92. The highest BCUT2D eigenvalue weighted by Crippen LogP contribution is 2.27. The fourth-order valence-corrected chi connectivity index (χ4v) is 1.64. The van der Waals surface area contributed by atoms with Gasteiger partial charge in [0, 0.05) is 0 Å². The Balaban J connectivity index is 2.36. The molecule has 0 aliphatic heterocycles. The number of ether oxygens (including phenoxy) is 1. The molecule has 2 heteroatoms. The van der Waals surface area contributed by atoms with Crippen molar-refractivity contribution >= 4 is 6.29 Å². The van der Waals surface area contributed by atoms with Gasteiger partial charge in [-0.1, -0.05) is 29.8 Å². The number of para-hydroxylation sites is 1. The zero-order chi connectivity index (χ0) is 12.3. The van der Waals surface area contributed by atoms with Crippen molar-refractivity contribution in [3.8, 4) is 11.5 Å². The molecule has 2 aromatic carbocycles. The first-order valence-corrected chi connectivity index (χ1v) is 5.50. The van der Waals surface area contributed by atoms with Crippen molar-refractivity contribution in [1.82, 2.24) is 0 Å². The van der Waals surface area contributed by atoms with Crippen LogP contribution in [0, 0.1) is 13.8 Å². The number of hydrogen-bond donors (Lipinski definition) is 0. The molecule has 0 unspecified atom stereocenters. The Bertz CT molecular complexity index is 544. The van der Waals surface area contributed by atoms with E-state index in [1.165, 1.54) is 0 Å². The Morgan fingerprint density at radius 2 is 1.76 bits per heavy atom. The zero-order valence-electron chi connectivity index (χ0n) is 9.94. The maximum atomic E-state index is 11.0. The van der Waals surface area contributed by atoms with Crippen molar-refractivity contribution in [1.29, 1.82) is 0 Å². The summed E-state index contributed by atoms with van der Waals surface area (Å²) in [5.41, 5.74) is 2.67. The quantitative estimate of drug-likeness (QED) is 0.742. The van der Waals surface area contributed by atoms with Crippen LogP contribution in [0.25, 0.3) is 0 Å². The van der Waals surface area contributed by atoms with Gasteiger partial charge in [0.25, 0.3) is 0 Å². The summed E-state index contributed by atoms with van der Waals surface area (Å²) in [4.78, 5) is 11.0. The molecule has 0 aliphatic carbocycles. The second-order valence-electron chi connectivity index (χ2n) is 4.03. The van der Waals surface area contributed by atoms with E-state index in [0.29, 0.717) is 11.3 Å². The van der Waals surface area contributed by atoms with E-state index < -0.39 is 0 Å². The summed E-state index contributed by atoms with van der Waals surface area (Å²) in [7, 11) is 0. The number of carbonyl (C=O) groups is 1. The molecule has 2 nitrogen and oxygen atoms in total. The fraction of sp³-hybridized carbons (Fsp3) is 0.133. The number of benzene rings is 2. The number of aryl methyl sites for hydroxylation is 2. The molecule has 2 rings (SSSR count). The van der Waals surface area contributed by atoms with Crippen LogP contribution in [-0.4, -0.2) is 6.29 Å². The average Bonchev–Trinajstić information content (AvgIpc) is 2.34.